The van der Waals surface area contributed by atoms with Gasteiger partial charge in [-0.1, -0.05) is 13.8 Å². The number of hydrogen-bond donors (Lipinski definition) is 9. The van der Waals surface area contributed by atoms with Crippen molar-refractivity contribution in [2.45, 2.75) is 70.1 Å². The number of nitrogens with one attached hydrogen (secondary N) is 3. The maximum atomic E-state index is 12.7. The number of rotatable bonds is 17. The molecule has 0 aromatic carbocycles. The number of carbonyl (C=O) groups is 6. The molecule has 0 heterocycles. The summed E-state index contributed by atoms with van der Waals surface area (Å²) in [4.78, 5) is 75.2. The molecule has 4 unspecified atom stereocenters. The minimum Gasteiger partial charge on any atom is -0.481 e. The highest BCUT2D eigenvalue weighted by Crippen LogP contribution is 2.05. The van der Waals surface area contributed by atoms with Crippen LogP contribution in [0.4, 0.5) is 0 Å². The largest absolute Gasteiger partial charge is 0.481 e. The Bertz CT molecular complexity index is 843. The van der Waals surface area contributed by atoms with E-state index in [-0.39, 0.29) is 37.7 Å². The van der Waals surface area contributed by atoms with Crippen LogP contribution in [0.2, 0.25) is 0 Å². The fourth-order valence-electron chi connectivity index (χ4n) is 2.97. The van der Waals surface area contributed by atoms with E-state index in [1.165, 1.54) is 0 Å². The molecule has 12 N–H and O–H groups in total. The van der Waals surface area contributed by atoms with Crippen LogP contribution >= 0.6 is 0 Å². The summed E-state index contributed by atoms with van der Waals surface area (Å²) in [6, 6.07) is -5.94. The molecule has 0 saturated heterocycles. The van der Waals surface area contributed by atoms with Gasteiger partial charge in [-0.15, -0.1) is 0 Å². The van der Waals surface area contributed by atoms with Gasteiger partial charge in [0.25, 0.3) is 0 Å². The van der Waals surface area contributed by atoms with Gasteiger partial charge < -0.3 is 48.5 Å². The normalized spacial score (nSPS) is 14.0. The molecule has 0 aliphatic rings. The molecule has 16 heteroatoms. The van der Waals surface area contributed by atoms with Crippen molar-refractivity contribution >= 4 is 41.6 Å². The van der Waals surface area contributed by atoms with Gasteiger partial charge in [0.15, 0.2) is 5.96 Å². The minimum atomic E-state index is -1.77. The van der Waals surface area contributed by atoms with Gasteiger partial charge in [-0.3, -0.25) is 29.0 Å². The van der Waals surface area contributed by atoms with Crippen LogP contribution in [0.1, 0.15) is 46.0 Å². The van der Waals surface area contributed by atoms with Crippen molar-refractivity contribution in [2.24, 2.45) is 28.1 Å². The first-order valence-electron chi connectivity index (χ1n) is 11.0. The standard InChI is InChI=1S/C20H35N7O9/c1-9(2)6-10(21)16(32)26-12(7-14(28)29)18(34)27-13(8-15(30)31)17(33)25-11(19(35)36)4-3-5-24-20(22)23/h9-13H,3-8,21H2,1-2H3,(H,25,33)(H,26,32)(H,27,34)(H,28,29)(H,30,31)(H,35,36)(H4,22,23,24). The van der Waals surface area contributed by atoms with Gasteiger partial charge in [0.05, 0.1) is 18.9 Å². The van der Waals surface area contributed by atoms with Crippen LogP contribution < -0.4 is 33.2 Å². The first kappa shape index (κ1) is 32.0. The van der Waals surface area contributed by atoms with E-state index >= 15 is 0 Å². The van der Waals surface area contributed by atoms with Crippen molar-refractivity contribution < 1.29 is 44.1 Å². The van der Waals surface area contributed by atoms with E-state index < -0.39 is 72.6 Å². The van der Waals surface area contributed by atoms with E-state index in [1.807, 2.05) is 0 Å². The summed E-state index contributed by atoms with van der Waals surface area (Å²) >= 11 is 0. The van der Waals surface area contributed by atoms with Crippen molar-refractivity contribution in [2.75, 3.05) is 6.54 Å². The van der Waals surface area contributed by atoms with Gasteiger partial charge in [-0.2, -0.15) is 0 Å². The number of guanidine groups is 1. The summed E-state index contributed by atoms with van der Waals surface area (Å²) in [7, 11) is 0. The molecule has 0 aromatic heterocycles. The Morgan fingerprint density at radius 2 is 1.22 bits per heavy atom. The predicted molar refractivity (Wildman–Crippen MR) is 125 cm³/mol. The van der Waals surface area contributed by atoms with E-state index in [0.717, 1.165) is 0 Å². The van der Waals surface area contributed by atoms with E-state index in [1.54, 1.807) is 13.8 Å². The lowest BCUT2D eigenvalue weighted by atomic mass is 10.0. The Balaban J connectivity index is 5.50. The van der Waals surface area contributed by atoms with Crippen LogP contribution in [0, 0.1) is 5.92 Å². The lowest BCUT2D eigenvalue weighted by Crippen LogP contribution is -2.58. The summed E-state index contributed by atoms with van der Waals surface area (Å²) in [5, 5.41) is 34.0. The molecule has 0 aromatic rings. The van der Waals surface area contributed by atoms with Gasteiger partial charge in [0, 0.05) is 6.54 Å². The van der Waals surface area contributed by atoms with Crippen molar-refractivity contribution in [3.63, 3.8) is 0 Å². The number of hydrogen-bond acceptors (Lipinski definition) is 8. The lowest BCUT2D eigenvalue weighted by molar-refractivity contribution is -0.145. The Morgan fingerprint density at radius 1 is 0.778 bits per heavy atom. The average Bonchev–Trinajstić information content (AvgIpc) is 2.73. The summed E-state index contributed by atoms with van der Waals surface area (Å²) < 4.78 is 0. The quantitative estimate of drug-likeness (QED) is 0.0526. The molecule has 3 amide bonds. The second-order valence-corrected chi connectivity index (χ2v) is 8.40. The number of nitrogens with two attached hydrogens (primary N) is 3. The monoisotopic (exact) mass is 517 g/mol. The molecule has 204 valence electrons. The Kier molecular flexibility index (Phi) is 14.1. The smallest absolute Gasteiger partial charge is 0.326 e. The van der Waals surface area contributed by atoms with E-state index in [4.69, 9.17) is 27.4 Å². The molecule has 0 bridgehead atoms. The number of aliphatic imine (C=N–C) groups is 1. The molecule has 4 atom stereocenters. The maximum absolute atomic E-state index is 12.7. The zero-order chi connectivity index (χ0) is 28.0. The molecular formula is C20H35N7O9. The topological polar surface area (TPSA) is 290 Å². The van der Waals surface area contributed by atoms with Crippen molar-refractivity contribution in [3.05, 3.63) is 0 Å². The Labute approximate surface area is 207 Å². The van der Waals surface area contributed by atoms with Crippen molar-refractivity contribution in [1.82, 2.24) is 16.0 Å². The van der Waals surface area contributed by atoms with Crippen LogP contribution in [0.15, 0.2) is 4.99 Å². The fraction of sp³-hybridized carbons (Fsp3) is 0.650. The van der Waals surface area contributed by atoms with E-state index in [0.29, 0.717) is 0 Å². The third kappa shape index (κ3) is 13.7. The highest BCUT2D eigenvalue weighted by atomic mass is 16.4. The van der Waals surface area contributed by atoms with E-state index in [2.05, 4.69) is 20.9 Å². The molecule has 16 nitrogen and oxygen atoms in total. The van der Waals surface area contributed by atoms with Crippen LogP contribution in [0.3, 0.4) is 0 Å². The molecule has 36 heavy (non-hydrogen) atoms. The van der Waals surface area contributed by atoms with Crippen molar-refractivity contribution in [3.8, 4) is 0 Å². The molecule has 0 saturated carbocycles. The number of carbonyl (C=O) groups excluding carboxylic acids is 3. The zero-order valence-electron chi connectivity index (χ0n) is 20.1. The zero-order valence-corrected chi connectivity index (χ0v) is 20.1. The third-order valence-electron chi connectivity index (χ3n) is 4.65. The molecule has 0 aliphatic heterocycles. The van der Waals surface area contributed by atoms with Crippen LogP contribution in [-0.4, -0.2) is 87.6 Å². The summed E-state index contributed by atoms with van der Waals surface area (Å²) in [6.07, 6.45) is -1.53. The maximum Gasteiger partial charge on any atom is 0.326 e. The number of carboxylic acid groups (broad SMARTS) is 3. The summed E-state index contributed by atoms with van der Waals surface area (Å²) in [6.45, 7) is 3.68. The van der Waals surface area contributed by atoms with Gasteiger partial charge in [-0.25, -0.2) is 4.79 Å². The fourth-order valence-corrected chi connectivity index (χ4v) is 2.97. The Morgan fingerprint density at radius 3 is 1.61 bits per heavy atom. The van der Waals surface area contributed by atoms with Gasteiger partial charge in [0.2, 0.25) is 17.7 Å². The highest BCUT2D eigenvalue weighted by molar-refractivity contribution is 5.96. The summed E-state index contributed by atoms with van der Waals surface area (Å²) in [5.41, 5.74) is 16.1. The van der Waals surface area contributed by atoms with Crippen LogP contribution in [0.5, 0.6) is 0 Å². The van der Waals surface area contributed by atoms with Gasteiger partial charge in [-0.05, 0) is 25.2 Å². The predicted octanol–water partition coefficient (Wildman–Crippen LogP) is -3.10. The number of aliphatic carboxylic acids is 3. The molecule has 0 aliphatic carbocycles. The first-order valence-corrected chi connectivity index (χ1v) is 11.0. The molecular weight excluding hydrogens is 482 g/mol. The molecule has 0 rings (SSSR count). The van der Waals surface area contributed by atoms with Crippen LogP contribution in [-0.2, 0) is 28.8 Å². The van der Waals surface area contributed by atoms with Crippen molar-refractivity contribution in [1.29, 1.82) is 0 Å². The third-order valence-corrected chi connectivity index (χ3v) is 4.65. The molecule has 0 spiro atoms. The Hall–Kier alpha value is -3.95. The second-order valence-electron chi connectivity index (χ2n) is 8.40. The first-order chi connectivity index (χ1) is 16.6. The SMILES string of the molecule is CC(C)CC(N)C(=O)NC(CC(=O)O)C(=O)NC(CC(=O)O)C(=O)NC(CCCN=C(N)N)C(=O)O. The summed E-state index contributed by atoms with van der Waals surface area (Å²) in [5.74, 6) is -7.68. The molecule has 0 radical (unpaired) electrons. The average molecular weight is 518 g/mol. The highest BCUT2D eigenvalue weighted by Gasteiger charge is 2.32. The number of carboxylic acids is 3. The van der Waals surface area contributed by atoms with Crippen LogP contribution in [0.25, 0.3) is 0 Å². The van der Waals surface area contributed by atoms with Gasteiger partial charge in [0.1, 0.15) is 18.1 Å². The minimum absolute atomic E-state index is 0.0304. The van der Waals surface area contributed by atoms with Gasteiger partial charge >= 0.3 is 17.9 Å². The lowest BCUT2D eigenvalue weighted by Gasteiger charge is -2.24. The van der Waals surface area contributed by atoms with E-state index in [9.17, 15) is 33.9 Å². The number of amides is 3. The second kappa shape index (κ2) is 15.9. The number of nitrogens with zero attached hydrogens (tertiary/aromatic N) is 1. The molecule has 0 fully saturated rings.